The lowest BCUT2D eigenvalue weighted by Crippen LogP contribution is -2.18. The molecule has 5 nitrogen and oxygen atoms in total. The van der Waals surface area contributed by atoms with E-state index >= 15 is 0 Å². The molecule has 1 aliphatic rings. The lowest BCUT2D eigenvalue weighted by atomic mass is 10.0. The average Bonchev–Trinajstić information content (AvgIpc) is 3.43. The van der Waals surface area contributed by atoms with Gasteiger partial charge in [0.2, 0.25) is 0 Å². The number of aromatic nitrogens is 2. The Kier molecular flexibility index (Phi) is 8.36. The Bertz CT molecular complexity index is 1230. The maximum Gasteiger partial charge on any atom is 0.168 e. The molecule has 0 unspecified atom stereocenters. The van der Waals surface area contributed by atoms with Crippen molar-refractivity contribution in [3.63, 3.8) is 0 Å². The molecule has 5 rings (SSSR count). The fourth-order valence-corrected chi connectivity index (χ4v) is 4.25. The van der Waals surface area contributed by atoms with Crippen molar-refractivity contribution in [3.8, 4) is 22.3 Å². The number of carbonyl (C=O) groups excluding carboxylic acids is 1. The van der Waals surface area contributed by atoms with E-state index in [1.807, 2.05) is 56.6 Å². The van der Waals surface area contributed by atoms with Crippen LogP contribution in [0.25, 0.3) is 22.3 Å². The quantitative estimate of drug-likeness (QED) is 0.342. The molecule has 0 amide bonds. The molecule has 0 bridgehead atoms. The van der Waals surface area contributed by atoms with Crippen molar-refractivity contribution in [2.45, 2.75) is 26.3 Å². The number of pyridine rings is 2. The van der Waals surface area contributed by atoms with Crippen molar-refractivity contribution in [3.05, 3.63) is 102 Å². The second kappa shape index (κ2) is 12.0. The fraction of sp³-hybridized carbons (Fsp3) is 0.233. The SMILES string of the molecule is CNc1cc(CN2CCCC2)cc(-c2ccc(C)nc2)c1.O=Cc1cc(-c2ccccc2)ccn1. The van der Waals surface area contributed by atoms with E-state index in [0.717, 1.165) is 29.7 Å². The summed E-state index contributed by atoms with van der Waals surface area (Å²) >= 11 is 0. The number of benzene rings is 2. The van der Waals surface area contributed by atoms with Gasteiger partial charge in [0.15, 0.2) is 6.29 Å². The third kappa shape index (κ3) is 6.84. The molecule has 1 saturated heterocycles. The maximum atomic E-state index is 10.5. The Labute approximate surface area is 207 Å². The highest BCUT2D eigenvalue weighted by Gasteiger charge is 2.13. The molecular weight excluding hydrogens is 432 g/mol. The number of nitrogens with zero attached hydrogens (tertiary/aromatic N) is 3. The number of anilines is 1. The zero-order chi connectivity index (χ0) is 24.5. The van der Waals surface area contributed by atoms with Gasteiger partial charge in [-0.05, 0) is 91.5 Å². The number of aldehydes is 1. The summed E-state index contributed by atoms with van der Waals surface area (Å²) in [6.45, 7) is 5.52. The van der Waals surface area contributed by atoms with E-state index in [1.165, 1.54) is 48.3 Å². The predicted octanol–water partition coefficient (Wildman–Crippen LogP) is 6.26. The fourth-order valence-electron chi connectivity index (χ4n) is 4.25. The molecule has 0 spiro atoms. The molecular formula is C30H32N4O. The Balaban J connectivity index is 0.000000179. The van der Waals surface area contributed by atoms with Crippen LogP contribution in [-0.4, -0.2) is 41.3 Å². The molecule has 4 aromatic rings. The van der Waals surface area contributed by atoms with Gasteiger partial charge >= 0.3 is 0 Å². The smallest absolute Gasteiger partial charge is 0.168 e. The van der Waals surface area contributed by atoms with Crippen molar-refractivity contribution in [1.82, 2.24) is 14.9 Å². The van der Waals surface area contributed by atoms with Gasteiger partial charge in [0.1, 0.15) is 5.69 Å². The summed E-state index contributed by atoms with van der Waals surface area (Å²) in [5, 5.41) is 3.27. The molecule has 35 heavy (non-hydrogen) atoms. The Hall–Kier alpha value is -3.83. The van der Waals surface area contributed by atoms with Crippen LogP contribution in [0.2, 0.25) is 0 Å². The van der Waals surface area contributed by atoms with Gasteiger partial charge in [0.25, 0.3) is 0 Å². The second-order valence-electron chi connectivity index (χ2n) is 8.79. The molecule has 2 aromatic carbocycles. The van der Waals surface area contributed by atoms with Crippen molar-refractivity contribution < 1.29 is 4.79 Å². The number of rotatable bonds is 6. The molecule has 2 aromatic heterocycles. The van der Waals surface area contributed by atoms with E-state index < -0.39 is 0 Å². The molecule has 0 aliphatic carbocycles. The van der Waals surface area contributed by atoms with Gasteiger partial charge in [-0.2, -0.15) is 0 Å². The molecule has 0 radical (unpaired) electrons. The first-order chi connectivity index (χ1) is 17.1. The molecule has 3 heterocycles. The first-order valence-corrected chi connectivity index (χ1v) is 12.1. The summed E-state index contributed by atoms with van der Waals surface area (Å²) in [6.07, 6.45) is 7.03. The minimum Gasteiger partial charge on any atom is -0.388 e. The molecule has 0 saturated carbocycles. The number of aryl methyl sites for hydroxylation is 1. The van der Waals surface area contributed by atoms with Crippen LogP contribution in [0.5, 0.6) is 0 Å². The highest BCUT2D eigenvalue weighted by molar-refractivity contribution is 5.76. The van der Waals surface area contributed by atoms with Crippen LogP contribution in [0, 0.1) is 6.92 Å². The number of hydrogen-bond acceptors (Lipinski definition) is 5. The summed E-state index contributed by atoms with van der Waals surface area (Å²) in [7, 11) is 1.98. The number of nitrogens with one attached hydrogen (secondary N) is 1. The first-order valence-electron chi connectivity index (χ1n) is 12.1. The third-order valence-corrected chi connectivity index (χ3v) is 6.14. The Morgan fingerprint density at radius 2 is 1.66 bits per heavy atom. The van der Waals surface area contributed by atoms with Gasteiger partial charge in [-0.25, -0.2) is 0 Å². The van der Waals surface area contributed by atoms with E-state index in [1.54, 1.807) is 12.3 Å². The second-order valence-corrected chi connectivity index (χ2v) is 8.79. The van der Waals surface area contributed by atoms with Gasteiger partial charge in [-0.15, -0.1) is 0 Å². The van der Waals surface area contributed by atoms with Crippen molar-refractivity contribution in [2.24, 2.45) is 0 Å². The van der Waals surface area contributed by atoms with Crippen LogP contribution < -0.4 is 5.32 Å². The summed E-state index contributed by atoms with van der Waals surface area (Å²) in [5.41, 5.74) is 8.60. The zero-order valence-electron chi connectivity index (χ0n) is 20.4. The minimum atomic E-state index is 0.464. The van der Waals surface area contributed by atoms with Crippen LogP contribution in [-0.2, 0) is 6.54 Å². The van der Waals surface area contributed by atoms with Crippen LogP contribution in [0.4, 0.5) is 5.69 Å². The van der Waals surface area contributed by atoms with Gasteiger partial charge in [-0.1, -0.05) is 36.4 Å². The van der Waals surface area contributed by atoms with Gasteiger partial charge < -0.3 is 5.32 Å². The third-order valence-electron chi connectivity index (χ3n) is 6.14. The van der Waals surface area contributed by atoms with E-state index in [-0.39, 0.29) is 0 Å². The molecule has 1 fully saturated rings. The van der Waals surface area contributed by atoms with E-state index in [0.29, 0.717) is 5.69 Å². The molecule has 5 heteroatoms. The molecule has 1 aliphatic heterocycles. The van der Waals surface area contributed by atoms with Crippen LogP contribution >= 0.6 is 0 Å². The summed E-state index contributed by atoms with van der Waals surface area (Å²) in [4.78, 5) is 21.4. The highest BCUT2D eigenvalue weighted by atomic mass is 16.1. The van der Waals surface area contributed by atoms with Crippen molar-refractivity contribution >= 4 is 12.0 Å². The van der Waals surface area contributed by atoms with Gasteiger partial charge in [0, 0.05) is 42.9 Å². The van der Waals surface area contributed by atoms with Crippen molar-refractivity contribution in [2.75, 3.05) is 25.5 Å². The van der Waals surface area contributed by atoms with Gasteiger partial charge in [0.05, 0.1) is 0 Å². The average molecular weight is 465 g/mol. The van der Waals surface area contributed by atoms with E-state index in [2.05, 4.69) is 50.5 Å². The normalized spacial score (nSPS) is 13.1. The van der Waals surface area contributed by atoms with E-state index in [9.17, 15) is 4.79 Å². The van der Waals surface area contributed by atoms with Crippen LogP contribution in [0.3, 0.4) is 0 Å². The lowest BCUT2D eigenvalue weighted by molar-refractivity contribution is 0.111. The summed E-state index contributed by atoms with van der Waals surface area (Å²) in [6, 6.07) is 24.5. The summed E-state index contributed by atoms with van der Waals surface area (Å²) < 4.78 is 0. The predicted molar refractivity (Wildman–Crippen MR) is 144 cm³/mol. The summed E-state index contributed by atoms with van der Waals surface area (Å²) in [5.74, 6) is 0. The minimum absolute atomic E-state index is 0.464. The van der Waals surface area contributed by atoms with Crippen molar-refractivity contribution in [1.29, 1.82) is 0 Å². The number of likely N-dealkylation sites (tertiary alicyclic amines) is 1. The maximum absolute atomic E-state index is 10.5. The lowest BCUT2D eigenvalue weighted by Gasteiger charge is -2.16. The van der Waals surface area contributed by atoms with Crippen LogP contribution in [0.15, 0.2) is 85.2 Å². The topological polar surface area (TPSA) is 58.1 Å². The first kappa shape index (κ1) is 24.3. The number of carbonyl (C=O) groups is 1. The monoisotopic (exact) mass is 464 g/mol. The molecule has 178 valence electrons. The zero-order valence-corrected chi connectivity index (χ0v) is 20.4. The largest absolute Gasteiger partial charge is 0.388 e. The standard InChI is InChI=1S/C18H23N3.C12H9NO/c1-14-5-6-16(12-20-14)17-9-15(10-18(11-17)19-2)13-21-7-3-4-8-21;14-9-12-8-11(6-7-13-12)10-4-2-1-3-5-10/h5-6,9-12,19H,3-4,7-8,13H2,1-2H3;1-9H. The van der Waals surface area contributed by atoms with Crippen LogP contribution in [0.1, 0.15) is 34.6 Å². The Morgan fingerprint density at radius 1 is 0.857 bits per heavy atom. The number of hydrogen-bond donors (Lipinski definition) is 1. The van der Waals surface area contributed by atoms with E-state index in [4.69, 9.17) is 0 Å². The molecule has 1 N–H and O–H groups in total. The Morgan fingerprint density at radius 3 is 2.34 bits per heavy atom. The molecule has 0 atom stereocenters. The highest BCUT2D eigenvalue weighted by Crippen LogP contribution is 2.26. The van der Waals surface area contributed by atoms with Gasteiger partial charge in [-0.3, -0.25) is 19.7 Å².